The molecule has 6 heteroatoms. The van der Waals surface area contributed by atoms with E-state index >= 15 is 0 Å². The van der Waals surface area contributed by atoms with E-state index in [0.29, 0.717) is 16.1 Å². The molecule has 5 nitrogen and oxygen atoms in total. The highest BCUT2D eigenvalue weighted by Crippen LogP contribution is 2.31. The highest BCUT2D eigenvalue weighted by atomic mass is 32.1. The molecule has 0 aliphatic rings. The summed E-state index contributed by atoms with van der Waals surface area (Å²) in [5, 5.41) is 12.3. The predicted molar refractivity (Wildman–Crippen MR) is 80.3 cm³/mol. The molecule has 0 spiro atoms. The van der Waals surface area contributed by atoms with Crippen molar-refractivity contribution < 1.29 is 14.6 Å². The quantitative estimate of drug-likeness (QED) is 0.794. The molecule has 0 bridgehead atoms. The van der Waals surface area contributed by atoms with E-state index in [9.17, 15) is 9.90 Å². The van der Waals surface area contributed by atoms with Crippen LogP contribution >= 0.6 is 11.3 Å². The highest BCUT2D eigenvalue weighted by molar-refractivity contribution is 7.11. The molecule has 0 aliphatic heterocycles. The monoisotopic (exact) mass is 300 g/mol. The Balaban J connectivity index is 2.09. The smallest absolute Gasteiger partial charge is 0.340 e. The second-order valence-corrected chi connectivity index (χ2v) is 5.20. The molecule has 0 atom stereocenters. The Morgan fingerprint density at radius 2 is 2.19 bits per heavy atom. The lowest BCUT2D eigenvalue weighted by molar-refractivity contribution is 0.0696. The molecular formula is C15H12N2O3S. The number of thiazole rings is 1. The molecule has 106 valence electrons. The van der Waals surface area contributed by atoms with Gasteiger partial charge >= 0.3 is 5.97 Å². The van der Waals surface area contributed by atoms with Crippen molar-refractivity contribution in [3.63, 3.8) is 0 Å². The number of hydrogen-bond donors (Lipinski definition) is 1. The second-order valence-electron chi connectivity index (χ2n) is 4.38. The van der Waals surface area contributed by atoms with Crippen molar-refractivity contribution >= 4 is 28.2 Å². The van der Waals surface area contributed by atoms with Gasteiger partial charge in [0.15, 0.2) is 5.75 Å². The van der Waals surface area contributed by atoms with Crippen LogP contribution in [0.4, 0.5) is 0 Å². The lowest BCUT2D eigenvalue weighted by atomic mass is 10.1. The minimum atomic E-state index is -1.05. The summed E-state index contributed by atoms with van der Waals surface area (Å²) in [7, 11) is 0. The molecule has 0 radical (unpaired) electrons. The maximum atomic E-state index is 11.6. The molecule has 0 fully saturated rings. The van der Waals surface area contributed by atoms with Crippen molar-refractivity contribution in [3.8, 4) is 10.9 Å². The zero-order valence-electron chi connectivity index (χ0n) is 11.2. The summed E-state index contributed by atoms with van der Waals surface area (Å²) < 4.78 is 5.63. The van der Waals surface area contributed by atoms with Crippen LogP contribution in [0, 0.1) is 0 Å². The third-order valence-electron chi connectivity index (χ3n) is 3.04. The number of carbonyl (C=O) groups is 1. The van der Waals surface area contributed by atoms with E-state index in [1.807, 2.05) is 18.4 Å². The third-order valence-corrected chi connectivity index (χ3v) is 3.81. The minimum absolute atomic E-state index is 0.105. The number of rotatable bonds is 4. The first kappa shape index (κ1) is 13.5. The maximum absolute atomic E-state index is 11.6. The Hall–Kier alpha value is -2.47. The number of nitrogens with zero attached hydrogens (tertiary/aromatic N) is 2. The van der Waals surface area contributed by atoms with E-state index in [4.69, 9.17) is 4.74 Å². The van der Waals surface area contributed by atoms with E-state index in [-0.39, 0.29) is 11.3 Å². The fourth-order valence-electron chi connectivity index (χ4n) is 2.01. The minimum Gasteiger partial charge on any atom is -0.478 e. The summed E-state index contributed by atoms with van der Waals surface area (Å²) in [6.07, 6.45) is 2.24. The summed E-state index contributed by atoms with van der Waals surface area (Å²) in [6.45, 7) is 2.00. The predicted octanol–water partition coefficient (Wildman–Crippen LogP) is 3.74. The first-order valence-electron chi connectivity index (χ1n) is 6.42. The third kappa shape index (κ3) is 2.57. The van der Waals surface area contributed by atoms with Crippen LogP contribution < -0.4 is 4.74 Å². The van der Waals surface area contributed by atoms with Gasteiger partial charge in [0.05, 0.1) is 17.4 Å². The maximum Gasteiger partial charge on any atom is 0.340 e. The Bertz CT molecular complexity index is 814. The number of aryl methyl sites for hydroxylation is 1. The standard InChI is InChI=1S/C15H12N2O3S/c1-2-9-8-21-15(17-9)20-12-7-16-11-6-4-3-5-10(11)13(12)14(18)19/h3-8H,2H2,1H3,(H,18,19). The van der Waals surface area contributed by atoms with Crippen LogP contribution in [0.25, 0.3) is 10.9 Å². The van der Waals surface area contributed by atoms with Gasteiger partial charge in [0.25, 0.3) is 5.19 Å². The average molecular weight is 300 g/mol. The molecule has 3 aromatic rings. The topological polar surface area (TPSA) is 72.3 Å². The van der Waals surface area contributed by atoms with Crippen LogP contribution in [0.2, 0.25) is 0 Å². The zero-order valence-corrected chi connectivity index (χ0v) is 12.1. The van der Waals surface area contributed by atoms with E-state index in [1.165, 1.54) is 17.5 Å². The zero-order chi connectivity index (χ0) is 14.8. The van der Waals surface area contributed by atoms with Crippen molar-refractivity contribution in [2.24, 2.45) is 0 Å². The number of carboxylic acid groups (broad SMARTS) is 1. The van der Waals surface area contributed by atoms with Crippen molar-refractivity contribution in [1.29, 1.82) is 0 Å². The number of ether oxygens (including phenoxy) is 1. The number of para-hydroxylation sites is 1. The Morgan fingerprint density at radius 3 is 2.90 bits per heavy atom. The number of pyridine rings is 1. The van der Waals surface area contributed by atoms with Gasteiger partial charge in [-0.1, -0.05) is 36.5 Å². The van der Waals surface area contributed by atoms with Crippen molar-refractivity contribution in [2.45, 2.75) is 13.3 Å². The van der Waals surface area contributed by atoms with E-state index in [2.05, 4.69) is 9.97 Å². The van der Waals surface area contributed by atoms with Crippen LogP contribution in [0.5, 0.6) is 10.9 Å². The lowest BCUT2D eigenvalue weighted by Gasteiger charge is -2.08. The van der Waals surface area contributed by atoms with Gasteiger partial charge in [-0.2, -0.15) is 0 Å². The largest absolute Gasteiger partial charge is 0.478 e. The van der Waals surface area contributed by atoms with Crippen molar-refractivity contribution in [2.75, 3.05) is 0 Å². The van der Waals surface area contributed by atoms with Gasteiger partial charge in [-0.25, -0.2) is 9.78 Å². The summed E-state index contributed by atoms with van der Waals surface area (Å²) in [6, 6.07) is 7.08. The Labute approximate surface area is 124 Å². The average Bonchev–Trinajstić information content (AvgIpc) is 2.94. The summed E-state index contributed by atoms with van der Waals surface area (Å²) in [5.74, 6) is -0.839. The van der Waals surface area contributed by atoms with Crippen LogP contribution in [-0.4, -0.2) is 21.0 Å². The van der Waals surface area contributed by atoms with Crippen LogP contribution in [0.3, 0.4) is 0 Å². The number of aromatic carboxylic acids is 1. The molecule has 0 aliphatic carbocycles. The van der Waals surface area contributed by atoms with Gasteiger partial charge in [-0.05, 0) is 12.5 Å². The summed E-state index contributed by atoms with van der Waals surface area (Å²) in [4.78, 5) is 20.1. The molecule has 0 saturated heterocycles. The van der Waals surface area contributed by atoms with Gasteiger partial charge in [-0.3, -0.25) is 4.98 Å². The highest BCUT2D eigenvalue weighted by Gasteiger charge is 2.18. The molecule has 21 heavy (non-hydrogen) atoms. The molecule has 2 heterocycles. The fourth-order valence-corrected chi connectivity index (χ4v) is 2.78. The van der Waals surface area contributed by atoms with E-state index < -0.39 is 5.97 Å². The van der Waals surface area contributed by atoms with Crippen LogP contribution in [-0.2, 0) is 6.42 Å². The first-order valence-corrected chi connectivity index (χ1v) is 7.30. The molecule has 0 unspecified atom stereocenters. The SMILES string of the molecule is CCc1csc(Oc2cnc3ccccc3c2C(=O)O)n1. The Morgan fingerprint density at radius 1 is 1.38 bits per heavy atom. The molecule has 0 amide bonds. The van der Waals surface area contributed by atoms with Gasteiger partial charge in [0.2, 0.25) is 0 Å². The van der Waals surface area contributed by atoms with E-state index in [1.54, 1.807) is 18.2 Å². The molecule has 1 N–H and O–H groups in total. The summed E-state index contributed by atoms with van der Waals surface area (Å²) in [5.41, 5.74) is 1.64. The lowest BCUT2D eigenvalue weighted by Crippen LogP contribution is -2.02. The first-order chi connectivity index (χ1) is 10.2. The number of aromatic nitrogens is 2. The van der Waals surface area contributed by atoms with Gasteiger partial charge < -0.3 is 9.84 Å². The second kappa shape index (κ2) is 5.49. The van der Waals surface area contributed by atoms with Gasteiger partial charge in [-0.15, -0.1) is 0 Å². The van der Waals surface area contributed by atoms with Crippen LogP contribution in [0.1, 0.15) is 23.0 Å². The van der Waals surface area contributed by atoms with E-state index in [0.717, 1.165) is 12.1 Å². The number of hydrogen-bond acceptors (Lipinski definition) is 5. The Kier molecular flexibility index (Phi) is 3.53. The van der Waals surface area contributed by atoms with Gasteiger partial charge in [0, 0.05) is 10.8 Å². The van der Waals surface area contributed by atoms with Crippen molar-refractivity contribution in [3.05, 3.63) is 47.1 Å². The number of carboxylic acids is 1. The van der Waals surface area contributed by atoms with Crippen molar-refractivity contribution in [1.82, 2.24) is 9.97 Å². The summed E-state index contributed by atoms with van der Waals surface area (Å²) >= 11 is 1.34. The molecule has 3 rings (SSSR count). The van der Waals surface area contributed by atoms with Crippen LogP contribution in [0.15, 0.2) is 35.8 Å². The molecular weight excluding hydrogens is 288 g/mol. The molecule has 2 aromatic heterocycles. The number of fused-ring (bicyclic) bond motifs is 1. The fraction of sp³-hybridized carbons (Fsp3) is 0.133. The normalized spacial score (nSPS) is 10.7. The molecule has 1 aromatic carbocycles. The van der Waals surface area contributed by atoms with Gasteiger partial charge in [0.1, 0.15) is 5.56 Å². The molecule has 0 saturated carbocycles. The number of benzene rings is 1.